The Morgan fingerprint density at radius 3 is 2.85 bits per heavy atom. The van der Waals surface area contributed by atoms with Gasteiger partial charge in [0.05, 0.1) is 17.0 Å². The molecule has 8 nitrogen and oxygen atoms in total. The summed E-state index contributed by atoms with van der Waals surface area (Å²) in [6, 6.07) is 3.87. The molecule has 2 aromatic heterocycles. The molecule has 0 unspecified atom stereocenters. The topological polar surface area (TPSA) is 92.5 Å². The Morgan fingerprint density at radius 1 is 1.37 bits per heavy atom. The minimum atomic E-state index is -3.09. The summed E-state index contributed by atoms with van der Waals surface area (Å²) in [5.41, 5.74) is 0.967. The van der Waals surface area contributed by atoms with Gasteiger partial charge in [-0.3, -0.25) is 4.57 Å². The molecule has 146 valence electrons. The number of pyridine rings is 1. The summed E-state index contributed by atoms with van der Waals surface area (Å²) >= 11 is 0. The van der Waals surface area contributed by atoms with E-state index in [-0.39, 0.29) is 5.75 Å². The van der Waals surface area contributed by atoms with Gasteiger partial charge in [0.15, 0.2) is 15.8 Å². The van der Waals surface area contributed by atoms with Crippen molar-refractivity contribution in [1.29, 1.82) is 0 Å². The molecule has 0 aliphatic carbocycles. The number of aliphatic imine (C=N–C) groups is 1. The SMILES string of the molecule is CCNC(=NCc1cccnc1-n1ccnc1)N1CCS(=O)(=O)C(C)(C)C1. The third kappa shape index (κ3) is 4.13. The van der Waals surface area contributed by atoms with E-state index in [1.165, 1.54) is 0 Å². The van der Waals surface area contributed by atoms with Crippen molar-refractivity contribution >= 4 is 15.8 Å². The van der Waals surface area contributed by atoms with Crippen molar-refractivity contribution in [3.8, 4) is 5.82 Å². The lowest BCUT2D eigenvalue weighted by atomic mass is 10.2. The van der Waals surface area contributed by atoms with Gasteiger partial charge in [0, 0.05) is 43.8 Å². The summed E-state index contributed by atoms with van der Waals surface area (Å²) in [6.07, 6.45) is 7.01. The van der Waals surface area contributed by atoms with Crippen LogP contribution < -0.4 is 5.32 Å². The van der Waals surface area contributed by atoms with Crippen molar-refractivity contribution in [3.05, 3.63) is 42.6 Å². The van der Waals surface area contributed by atoms with Crippen molar-refractivity contribution < 1.29 is 8.42 Å². The largest absolute Gasteiger partial charge is 0.357 e. The zero-order valence-electron chi connectivity index (χ0n) is 16.0. The van der Waals surface area contributed by atoms with Crippen LogP contribution in [-0.2, 0) is 16.4 Å². The predicted molar refractivity (Wildman–Crippen MR) is 106 cm³/mol. The smallest absolute Gasteiger partial charge is 0.194 e. The van der Waals surface area contributed by atoms with Crippen molar-refractivity contribution in [2.75, 3.05) is 25.4 Å². The number of hydrogen-bond acceptors (Lipinski definition) is 5. The fourth-order valence-corrected chi connectivity index (χ4v) is 4.45. The summed E-state index contributed by atoms with van der Waals surface area (Å²) in [6.45, 7) is 7.56. The van der Waals surface area contributed by atoms with E-state index in [9.17, 15) is 8.42 Å². The van der Waals surface area contributed by atoms with Gasteiger partial charge in [0.1, 0.15) is 12.1 Å². The molecule has 0 atom stereocenters. The Labute approximate surface area is 160 Å². The normalized spacial score (nSPS) is 19.1. The van der Waals surface area contributed by atoms with E-state index in [1.807, 2.05) is 34.7 Å². The van der Waals surface area contributed by atoms with Gasteiger partial charge in [-0.05, 0) is 26.8 Å². The maximum absolute atomic E-state index is 12.3. The Kier molecular flexibility index (Phi) is 5.50. The van der Waals surface area contributed by atoms with Gasteiger partial charge in [-0.2, -0.15) is 0 Å². The van der Waals surface area contributed by atoms with Gasteiger partial charge in [-0.15, -0.1) is 0 Å². The molecule has 1 N–H and O–H groups in total. The quantitative estimate of drug-likeness (QED) is 0.624. The first-order chi connectivity index (χ1) is 12.8. The summed E-state index contributed by atoms with van der Waals surface area (Å²) in [5.74, 6) is 1.65. The van der Waals surface area contributed by atoms with E-state index in [4.69, 9.17) is 4.99 Å². The number of guanidine groups is 1. The molecule has 0 saturated carbocycles. The second-order valence-corrected chi connectivity index (χ2v) is 9.87. The average molecular weight is 391 g/mol. The van der Waals surface area contributed by atoms with Crippen LogP contribution in [-0.4, -0.2) is 63.9 Å². The molecule has 1 aliphatic rings. The van der Waals surface area contributed by atoms with E-state index in [2.05, 4.69) is 15.3 Å². The lowest BCUT2D eigenvalue weighted by Crippen LogP contribution is -2.57. The number of nitrogens with one attached hydrogen (secondary N) is 1. The third-order valence-electron chi connectivity index (χ3n) is 4.69. The zero-order chi connectivity index (χ0) is 19.5. The van der Waals surface area contributed by atoms with E-state index in [0.29, 0.717) is 26.2 Å². The van der Waals surface area contributed by atoms with E-state index in [0.717, 1.165) is 17.3 Å². The van der Waals surface area contributed by atoms with Gasteiger partial charge in [-0.1, -0.05) is 6.07 Å². The maximum Gasteiger partial charge on any atom is 0.194 e. The highest BCUT2D eigenvalue weighted by atomic mass is 32.2. The van der Waals surface area contributed by atoms with Gasteiger partial charge in [0.25, 0.3) is 0 Å². The zero-order valence-corrected chi connectivity index (χ0v) is 16.8. The molecule has 0 amide bonds. The molecular formula is C18H26N6O2S. The molecule has 0 radical (unpaired) electrons. The number of sulfone groups is 1. The van der Waals surface area contributed by atoms with Gasteiger partial charge in [-0.25, -0.2) is 23.4 Å². The van der Waals surface area contributed by atoms with E-state index in [1.54, 1.807) is 32.6 Å². The molecule has 0 aromatic carbocycles. The van der Waals surface area contributed by atoms with Crippen LogP contribution in [0.2, 0.25) is 0 Å². The molecule has 2 aromatic rings. The van der Waals surface area contributed by atoms with Crippen LogP contribution in [0.15, 0.2) is 42.0 Å². The maximum atomic E-state index is 12.3. The third-order valence-corrected chi connectivity index (χ3v) is 7.23. The number of hydrogen-bond donors (Lipinski definition) is 1. The Balaban J connectivity index is 1.84. The molecule has 9 heteroatoms. The lowest BCUT2D eigenvalue weighted by molar-refractivity contribution is 0.353. The van der Waals surface area contributed by atoms with Crippen LogP contribution in [0, 0.1) is 0 Å². The van der Waals surface area contributed by atoms with E-state index < -0.39 is 14.6 Å². The molecule has 1 saturated heterocycles. The lowest BCUT2D eigenvalue weighted by Gasteiger charge is -2.39. The summed E-state index contributed by atoms with van der Waals surface area (Å²) in [7, 11) is -3.09. The summed E-state index contributed by atoms with van der Waals surface area (Å²) < 4.78 is 25.6. The van der Waals surface area contributed by atoms with Crippen LogP contribution in [0.25, 0.3) is 5.82 Å². The summed E-state index contributed by atoms with van der Waals surface area (Å²) in [5, 5.41) is 3.28. The highest BCUT2D eigenvalue weighted by Crippen LogP contribution is 2.24. The molecule has 1 aliphatic heterocycles. The number of nitrogens with zero attached hydrogens (tertiary/aromatic N) is 5. The second-order valence-electron chi connectivity index (χ2n) is 7.13. The molecule has 1 fully saturated rings. The molecular weight excluding hydrogens is 364 g/mol. The monoisotopic (exact) mass is 390 g/mol. The second kappa shape index (κ2) is 7.67. The Hall–Kier alpha value is -2.42. The number of aromatic nitrogens is 3. The standard InChI is InChI=1S/C18H26N6O2S/c1-4-20-17(23-10-11-27(25,26)18(2,3)13-23)22-12-15-6-5-7-21-16(15)24-9-8-19-14-24/h5-9,14H,4,10-13H2,1-3H3,(H,20,22). The average Bonchev–Trinajstić information content (AvgIpc) is 3.16. The predicted octanol–water partition coefficient (Wildman–Crippen LogP) is 1.24. The molecule has 0 spiro atoms. The van der Waals surface area contributed by atoms with Gasteiger partial charge >= 0.3 is 0 Å². The minimum absolute atomic E-state index is 0.137. The number of rotatable bonds is 4. The first kappa shape index (κ1) is 19.3. The number of imidazole rings is 1. The fraction of sp³-hybridized carbons (Fsp3) is 0.500. The van der Waals surface area contributed by atoms with Crippen molar-refractivity contribution in [2.24, 2.45) is 4.99 Å². The van der Waals surface area contributed by atoms with Gasteiger partial charge in [0.2, 0.25) is 0 Å². The molecule has 3 heterocycles. The molecule has 3 rings (SSSR count). The molecule has 0 bridgehead atoms. The van der Waals surface area contributed by atoms with Crippen LogP contribution in [0.1, 0.15) is 26.3 Å². The summed E-state index contributed by atoms with van der Waals surface area (Å²) in [4.78, 5) is 15.3. The first-order valence-corrected chi connectivity index (χ1v) is 10.7. The van der Waals surface area contributed by atoms with Crippen LogP contribution >= 0.6 is 0 Å². The minimum Gasteiger partial charge on any atom is -0.357 e. The van der Waals surface area contributed by atoms with Crippen LogP contribution in [0.5, 0.6) is 0 Å². The highest BCUT2D eigenvalue weighted by Gasteiger charge is 2.40. The Morgan fingerprint density at radius 2 is 2.19 bits per heavy atom. The van der Waals surface area contributed by atoms with Gasteiger partial charge < -0.3 is 10.2 Å². The molecule has 27 heavy (non-hydrogen) atoms. The fourth-order valence-electron chi connectivity index (χ4n) is 3.08. The van der Waals surface area contributed by atoms with Crippen LogP contribution in [0.4, 0.5) is 0 Å². The van der Waals surface area contributed by atoms with Crippen molar-refractivity contribution in [1.82, 2.24) is 24.8 Å². The van der Waals surface area contributed by atoms with Crippen LogP contribution in [0.3, 0.4) is 0 Å². The Bertz CT molecular complexity index is 906. The van der Waals surface area contributed by atoms with E-state index >= 15 is 0 Å². The first-order valence-electron chi connectivity index (χ1n) is 9.02. The van der Waals surface area contributed by atoms with Crippen molar-refractivity contribution in [2.45, 2.75) is 32.1 Å². The van der Waals surface area contributed by atoms with Crippen molar-refractivity contribution in [3.63, 3.8) is 0 Å². The highest BCUT2D eigenvalue weighted by molar-refractivity contribution is 7.92.